The number of methoxy groups -OCH3 is 1. The molecule has 1 heterocycles. The number of nitrogens with zero attached hydrogens (tertiary/aromatic N) is 3. The van der Waals surface area contributed by atoms with Gasteiger partial charge in [0.25, 0.3) is 5.91 Å². The fraction of sp³-hybridized carbons (Fsp3) is 0.312. The van der Waals surface area contributed by atoms with Crippen LogP contribution in [0.25, 0.3) is 0 Å². The summed E-state index contributed by atoms with van der Waals surface area (Å²) in [6.07, 6.45) is 0. The lowest BCUT2D eigenvalue weighted by Crippen LogP contribution is -2.24. The molecule has 0 aliphatic carbocycles. The Morgan fingerprint density at radius 2 is 1.95 bits per heavy atom. The Morgan fingerprint density at radius 3 is 2.55 bits per heavy atom. The molecule has 1 amide bonds. The molecule has 0 fully saturated rings. The lowest BCUT2D eigenvalue weighted by Gasteiger charge is -2.18. The average Bonchev–Trinajstić information content (AvgIpc) is 2.56. The Hall–Kier alpha value is -2.63. The lowest BCUT2D eigenvalue weighted by atomic mass is 10.3. The first-order valence-corrected chi connectivity index (χ1v) is 7.22. The minimum Gasteiger partial charge on any atom is -0.497 e. The average molecular weight is 300 g/mol. The molecule has 0 radical (unpaired) electrons. The number of ether oxygens (including phenoxy) is 1. The lowest BCUT2D eigenvalue weighted by molar-refractivity contribution is 0.102. The van der Waals surface area contributed by atoms with Gasteiger partial charge in [-0.2, -0.15) is 0 Å². The highest BCUT2D eigenvalue weighted by molar-refractivity contribution is 6.02. The van der Waals surface area contributed by atoms with Crippen molar-refractivity contribution in [2.24, 2.45) is 0 Å². The van der Waals surface area contributed by atoms with Gasteiger partial charge in [-0.25, -0.2) is 0 Å². The maximum absolute atomic E-state index is 12.2. The summed E-state index contributed by atoms with van der Waals surface area (Å²) in [6.45, 7) is 5.80. The molecule has 6 nitrogen and oxygen atoms in total. The van der Waals surface area contributed by atoms with E-state index in [0.29, 0.717) is 11.4 Å². The summed E-state index contributed by atoms with van der Waals surface area (Å²) < 4.78 is 5.12. The van der Waals surface area contributed by atoms with E-state index >= 15 is 0 Å². The van der Waals surface area contributed by atoms with Gasteiger partial charge in [-0.1, -0.05) is 6.07 Å². The van der Waals surface area contributed by atoms with E-state index in [4.69, 9.17) is 4.74 Å². The second-order valence-corrected chi connectivity index (χ2v) is 4.64. The van der Waals surface area contributed by atoms with Crippen molar-refractivity contribution in [3.63, 3.8) is 0 Å². The molecule has 0 aliphatic heterocycles. The van der Waals surface area contributed by atoms with E-state index in [2.05, 4.69) is 34.3 Å². The number of carbonyl (C=O) groups excluding carboxylic acids is 1. The molecule has 2 aromatic rings. The van der Waals surface area contributed by atoms with E-state index in [9.17, 15) is 4.79 Å². The van der Waals surface area contributed by atoms with Crippen LogP contribution in [0.15, 0.2) is 36.4 Å². The zero-order valence-corrected chi connectivity index (χ0v) is 13.0. The first-order chi connectivity index (χ1) is 10.7. The third kappa shape index (κ3) is 3.72. The van der Waals surface area contributed by atoms with Crippen molar-refractivity contribution in [1.29, 1.82) is 0 Å². The topological polar surface area (TPSA) is 67.4 Å². The van der Waals surface area contributed by atoms with Crippen LogP contribution in [0.4, 0.5) is 11.5 Å². The Kier molecular flexibility index (Phi) is 5.30. The van der Waals surface area contributed by atoms with Crippen LogP contribution in [-0.2, 0) is 0 Å². The van der Waals surface area contributed by atoms with Crippen molar-refractivity contribution in [1.82, 2.24) is 10.2 Å². The molecule has 6 heteroatoms. The summed E-state index contributed by atoms with van der Waals surface area (Å²) in [5.41, 5.74) is 0.928. The van der Waals surface area contributed by atoms with Crippen molar-refractivity contribution in [2.75, 3.05) is 30.4 Å². The molecule has 116 valence electrons. The largest absolute Gasteiger partial charge is 0.497 e. The number of anilines is 2. The highest BCUT2D eigenvalue weighted by Gasteiger charge is 2.11. The standard InChI is InChI=1S/C16H20N4O2/c1-4-20(5-2)15-10-9-14(18-19-15)16(21)17-12-7-6-8-13(11-12)22-3/h6-11H,4-5H2,1-3H3,(H,17,21). The molecular weight excluding hydrogens is 280 g/mol. The summed E-state index contributed by atoms with van der Waals surface area (Å²) in [4.78, 5) is 14.2. The number of benzene rings is 1. The van der Waals surface area contributed by atoms with E-state index < -0.39 is 0 Å². The van der Waals surface area contributed by atoms with Gasteiger partial charge in [0.1, 0.15) is 5.75 Å². The Balaban J connectivity index is 2.09. The summed E-state index contributed by atoms with van der Waals surface area (Å²) in [5.74, 6) is 1.15. The molecule has 2 rings (SSSR count). The summed E-state index contributed by atoms with van der Waals surface area (Å²) >= 11 is 0. The van der Waals surface area contributed by atoms with Crippen molar-refractivity contribution in [2.45, 2.75) is 13.8 Å². The number of hydrogen-bond donors (Lipinski definition) is 1. The molecule has 1 aromatic carbocycles. The van der Waals surface area contributed by atoms with Gasteiger partial charge in [-0.3, -0.25) is 4.79 Å². The van der Waals surface area contributed by atoms with Crippen LogP contribution in [-0.4, -0.2) is 36.3 Å². The molecule has 0 atom stereocenters. The normalized spacial score (nSPS) is 10.1. The van der Waals surface area contributed by atoms with E-state index in [1.807, 2.05) is 12.1 Å². The SMILES string of the molecule is CCN(CC)c1ccc(C(=O)Nc2cccc(OC)c2)nn1. The maximum Gasteiger partial charge on any atom is 0.276 e. The molecule has 0 unspecified atom stereocenters. The Bertz CT molecular complexity index is 624. The van der Waals surface area contributed by atoms with Gasteiger partial charge < -0.3 is 15.0 Å². The second-order valence-electron chi connectivity index (χ2n) is 4.64. The Morgan fingerprint density at radius 1 is 1.18 bits per heavy atom. The van der Waals surface area contributed by atoms with Gasteiger partial charge in [0.15, 0.2) is 11.5 Å². The number of nitrogens with one attached hydrogen (secondary N) is 1. The van der Waals surface area contributed by atoms with Crippen LogP contribution in [0, 0.1) is 0 Å². The molecule has 0 bridgehead atoms. The summed E-state index contributed by atoms with van der Waals surface area (Å²) in [6, 6.07) is 10.6. The fourth-order valence-electron chi connectivity index (χ4n) is 2.06. The quantitative estimate of drug-likeness (QED) is 0.888. The van der Waals surface area contributed by atoms with Gasteiger partial charge >= 0.3 is 0 Å². The van der Waals surface area contributed by atoms with Crippen molar-refractivity contribution in [3.8, 4) is 5.75 Å². The van der Waals surface area contributed by atoms with Crippen molar-refractivity contribution >= 4 is 17.4 Å². The summed E-state index contributed by atoms with van der Waals surface area (Å²) in [7, 11) is 1.58. The van der Waals surface area contributed by atoms with Gasteiger partial charge in [0.05, 0.1) is 7.11 Å². The second kappa shape index (κ2) is 7.40. The van der Waals surface area contributed by atoms with Gasteiger partial charge in [-0.05, 0) is 38.1 Å². The van der Waals surface area contributed by atoms with Crippen molar-refractivity contribution < 1.29 is 9.53 Å². The van der Waals surface area contributed by atoms with E-state index in [0.717, 1.165) is 18.9 Å². The number of carbonyl (C=O) groups is 1. The van der Waals surface area contributed by atoms with Gasteiger partial charge in [0, 0.05) is 24.8 Å². The minimum absolute atomic E-state index is 0.277. The van der Waals surface area contributed by atoms with E-state index in [1.54, 1.807) is 31.4 Å². The fourth-order valence-corrected chi connectivity index (χ4v) is 2.06. The third-order valence-corrected chi connectivity index (χ3v) is 3.30. The third-order valence-electron chi connectivity index (χ3n) is 3.30. The van der Waals surface area contributed by atoms with E-state index in [-0.39, 0.29) is 11.6 Å². The van der Waals surface area contributed by atoms with Gasteiger partial charge in [-0.15, -0.1) is 10.2 Å². The molecule has 1 N–H and O–H groups in total. The number of amides is 1. The first-order valence-electron chi connectivity index (χ1n) is 7.22. The predicted octanol–water partition coefficient (Wildman–Crippen LogP) is 2.58. The monoisotopic (exact) mass is 300 g/mol. The number of hydrogen-bond acceptors (Lipinski definition) is 5. The van der Waals surface area contributed by atoms with Crippen LogP contribution in [0.3, 0.4) is 0 Å². The molecule has 22 heavy (non-hydrogen) atoms. The van der Waals surface area contributed by atoms with Gasteiger partial charge in [0.2, 0.25) is 0 Å². The highest BCUT2D eigenvalue weighted by Crippen LogP contribution is 2.17. The zero-order chi connectivity index (χ0) is 15.9. The highest BCUT2D eigenvalue weighted by atomic mass is 16.5. The number of rotatable bonds is 6. The van der Waals surface area contributed by atoms with Crippen LogP contribution in [0.5, 0.6) is 5.75 Å². The predicted molar refractivity (Wildman–Crippen MR) is 86.5 cm³/mol. The first kappa shape index (κ1) is 15.8. The smallest absolute Gasteiger partial charge is 0.276 e. The number of aromatic nitrogens is 2. The molecule has 0 saturated carbocycles. The maximum atomic E-state index is 12.2. The van der Waals surface area contributed by atoms with Crippen LogP contribution in [0.2, 0.25) is 0 Å². The molecular formula is C16H20N4O2. The zero-order valence-electron chi connectivity index (χ0n) is 13.0. The van der Waals surface area contributed by atoms with E-state index in [1.165, 1.54) is 0 Å². The Labute approximate surface area is 130 Å². The van der Waals surface area contributed by atoms with Crippen molar-refractivity contribution in [3.05, 3.63) is 42.1 Å². The van der Waals surface area contributed by atoms with Crippen LogP contribution < -0.4 is 15.0 Å². The van der Waals surface area contributed by atoms with Crippen LogP contribution in [0.1, 0.15) is 24.3 Å². The molecule has 0 aliphatic rings. The van der Waals surface area contributed by atoms with Crippen LogP contribution >= 0.6 is 0 Å². The minimum atomic E-state index is -0.299. The molecule has 1 aromatic heterocycles. The summed E-state index contributed by atoms with van der Waals surface area (Å²) in [5, 5.41) is 10.9. The molecule has 0 spiro atoms. The molecule has 0 saturated heterocycles.